The Morgan fingerprint density at radius 2 is 1.96 bits per heavy atom. The lowest BCUT2D eigenvalue weighted by Gasteiger charge is -2.10. The highest BCUT2D eigenvalue weighted by atomic mass is 16.5. The summed E-state index contributed by atoms with van der Waals surface area (Å²) in [5.41, 5.74) is 0.469. The largest absolute Gasteiger partial charge is 0.497 e. The van der Waals surface area contributed by atoms with Gasteiger partial charge in [0.15, 0.2) is 0 Å². The minimum atomic E-state index is -0.326. The molecule has 1 aromatic heterocycles. The van der Waals surface area contributed by atoms with E-state index < -0.39 is 0 Å². The molecule has 0 bridgehead atoms. The van der Waals surface area contributed by atoms with Crippen LogP contribution in [-0.4, -0.2) is 39.4 Å². The molecule has 2 aromatic rings. The molecular formula is C17H20N2O5. The van der Waals surface area contributed by atoms with Crippen molar-refractivity contribution in [3.05, 3.63) is 54.0 Å². The standard InChI is InChI=1S/C17H20N2O5/c1-21-10-11-24-17(18-12-15-4-3-9-23-15)19-16(20)13-5-7-14(22-2)8-6-13/h3-9H,10-12H2,1-2H3,(H,18,19,20). The Bertz CT molecular complexity index is 650. The van der Waals surface area contributed by atoms with E-state index in [1.807, 2.05) is 0 Å². The van der Waals surface area contributed by atoms with E-state index in [0.717, 1.165) is 0 Å². The van der Waals surface area contributed by atoms with Gasteiger partial charge in [-0.15, -0.1) is 0 Å². The summed E-state index contributed by atoms with van der Waals surface area (Å²) in [4.78, 5) is 16.5. The van der Waals surface area contributed by atoms with Gasteiger partial charge in [-0.3, -0.25) is 10.1 Å². The van der Waals surface area contributed by atoms with E-state index >= 15 is 0 Å². The van der Waals surface area contributed by atoms with Crippen molar-refractivity contribution in [1.29, 1.82) is 0 Å². The quantitative estimate of drug-likeness (QED) is 0.478. The van der Waals surface area contributed by atoms with Gasteiger partial charge in [0, 0.05) is 12.7 Å². The van der Waals surface area contributed by atoms with E-state index in [4.69, 9.17) is 18.6 Å². The van der Waals surface area contributed by atoms with E-state index in [0.29, 0.717) is 23.7 Å². The zero-order chi connectivity index (χ0) is 17.2. The maximum absolute atomic E-state index is 12.3. The van der Waals surface area contributed by atoms with Gasteiger partial charge in [0.25, 0.3) is 11.9 Å². The molecule has 1 N–H and O–H groups in total. The first-order valence-electron chi connectivity index (χ1n) is 7.37. The summed E-state index contributed by atoms with van der Waals surface area (Å²) in [7, 11) is 3.14. The van der Waals surface area contributed by atoms with Crippen LogP contribution < -0.4 is 10.1 Å². The summed E-state index contributed by atoms with van der Waals surface area (Å²) in [5.74, 6) is 1.02. The molecule has 0 unspecified atom stereocenters. The molecule has 1 amide bonds. The van der Waals surface area contributed by atoms with Gasteiger partial charge in [-0.2, -0.15) is 0 Å². The zero-order valence-electron chi connectivity index (χ0n) is 13.7. The number of rotatable bonds is 7. The Balaban J connectivity index is 2.01. The molecule has 1 heterocycles. The fourth-order valence-corrected chi connectivity index (χ4v) is 1.81. The maximum Gasteiger partial charge on any atom is 0.292 e. The lowest BCUT2D eigenvalue weighted by Crippen LogP contribution is -2.33. The molecule has 128 valence electrons. The Kier molecular flexibility index (Phi) is 6.85. The molecule has 0 aliphatic heterocycles. The molecular weight excluding hydrogens is 312 g/mol. The van der Waals surface area contributed by atoms with Crippen molar-refractivity contribution in [2.24, 2.45) is 4.99 Å². The molecule has 0 atom stereocenters. The number of hydrogen-bond donors (Lipinski definition) is 1. The molecule has 2 rings (SSSR count). The van der Waals surface area contributed by atoms with Crippen molar-refractivity contribution < 1.29 is 23.4 Å². The fourth-order valence-electron chi connectivity index (χ4n) is 1.81. The Morgan fingerprint density at radius 3 is 2.58 bits per heavy atom. The van der Waals surface area contributed by atoms with E-state index in [-0.39, 0.29) is 25.1 Å². The van der Waals surface area contributed by atoms with Crippen LogP contribution in [0.25, 0.3) is 0 Å². The average molecular weight is 332 g/mol. The van der Waals surface area contributed by atoms with Gasteiger partial charge in [0.1, 0.15) is 24.7 Å². The van der Waals surface area contributed by atoms with Crippen molar-refractivity contribution in [3.8, 4) is 5.75 Å². The van der Waals surface area contributed by atoms with E-state index in [2.05, 4.69) is 10.3 Å². The normalized spacial score (nSPS) is 11.2. The Labute approximate surface area is 140 Å². The summed E-state index contributed by atoms with van der Waals surface area (Å²) in [6.07, 6.45) is 1.56. The third-order valence-corrected chi connectivity index (χ3v) is 3.06. The van der Waals surface area contributed by atoms with Crippen molar-refractivity contribution in [3.63, 3.8) is 0 Å². The van der Waals surface area contributed by atoms with Gasteiger partial charge in [-0.25, -0.2) is 4.99 Å². The van der Waals surface area contributed by atoms with Crippen LogP contribution in [0.2, 0.25) is 0 Å². The second-order valence-electron chi connectivity index (χ2n) is 4.72. The van der Waals surface area contributed by atoms with Gasteiger partial charge in [0.2, 0.25) is 0 Å². The van der Waals surface area contributed by atoms with Gasteiger partial charge >= 0.3 is 0 Å². The van der Waals surface area contributed by atoms with Gasteiger partial charge in [-0.1, -0.05) is 0 Å². The number of benzene rings is 1. The average Bonchev–Trinajstić information content (AvgIpc) is 3.13. The van der Waals surface area contributed by atoms with Crippen LogP contribution in [0.5, 0.6) is 5.75 Å². The van der Waals surface area contributed by atoms with Crippen LogP contribution in [0.3, 0.4) is 0 Å². The number of amidine groups is 1. The van der Waals surface area contributed by atoms with Gasteiger partial charge in [-0.05, 0) is 36.4 Å². The minimum Gasteiger partial charge on any atom is -0.497 e. The van der Waals surface area contributed by atoms with Gasteiger partial charge < -0.3 is 18.6 Å². The molecule has 0 spiro atoms. The lowest BCUT2D eigenvalue weighted by atomic mass is 10.2. The van der Waals surface area contributed by atoms with Crippen LogP contribution >= 0.6 is 0 Å². The van der Waals surface area contributed by atoms with E-state index in [1.165, 1.54) is 0 Å². The van der Waals surface area contributed by atoms with E-state index in [9.17, 15) is 4.79 Å². The van der Waals surface area contributed by atoms with Crippen molar-refractivity contribution in [2.45, 2.75) is 6.54 Å². The highest BCUT2D eigenvalue weighted by molar-refractivity contribution is 6.04. The molecule has 0 aliphatic rings. The summed E-state index contributed by atoms with van der Waals surface area (Å²) in [6, 6.07) is 10.4. The molecule has 0 fully saturated rings. The number of amides is 1. The number of hydrogen-bond acceptors (Lipinski definition) is 6. The maximum atomic E-state index is 12.3. The molecule has 0 aliphatic carbocycles. The number of furan rings is 1. The van der Waals surface area contributed by atoms with E-state index in [1.54, 1.807) is 56.9 Å². The third-order valence-electron chi connectivity index (χ3n) is 3.06. The lowest BCUT2D eigenvalue weighted by molar-refractivity contribution is 0.0953. The van der Waals surface area contributed by atoms with Crippen LogP contribution in [0, 0.1) is 0 Å². The predicted molar refractivity (Wildman–Crippen MR) is 88.1 cm³/mol. The number of ether oxygens (including phenoxy) is 3. The molecule has 7 heteroatoms. The predicted octanol–water partition coefficient (Wildman–Crippen LogP) is 2.24. The summed E-state index contributed by atoms with van der Waals surface area (Å²) >= 11 is 0. The Hall–Kier alpha value is -2.80. The summed E-state index contributed by atoms with van der Waals surface area (Å²) < 4.78 is 20.7. The second-order valence-corrected chi connectivity index (χ2v) is 4.72. The number of aliphatic imine (C=N–C) groups is 1. The van der Waals surface area contributed by atoms with Crippen LogP contribution in [-0.2, 0) is 16.0 Å². The number of nitrogens with one attached hydrogen (secondary N) is 1. The van der Waals surface area contributed by atoms with Crippen molar-refractivity contribution in [2.75, 3.05) is 27.4 Å². The molecule has 0 saturated carbocycles. The summed E-state index contributed by atoms with van der Waals surface area (Å²) in [6.45, 7) is 0.923. The zero-order valence-corrected chi connectivity index (χ0v) is 13.7. The molecule has 0 radical (unpaired) electrons. The number of nitrogens with zero attached hydrogens (tertiary/aromatic N) is 1. The first-order chi connectivity index (χ1) is 11.7. The third kappa shape index (κ3) is 5.44. The van der Waals surface area contributed by atoms with Crippen molar-refractivity contribution in [1.82, 2.24) is 5.32 Å². The summed E-state index contributed by atoms with van der Waals surface area (Å²) in [5, 5.41) is 2.64. The smallest absolute Gasteiger partial charge is 0.292 e. The van der Waals surface area contributed by atoms with Gasteiger partial charge in [0.05, 0.1) is 20.0 Å². The second kappa shape index (κ2) is 9.36. The van der Waals surface area contributed by atoms with Crippen LogP contribution in [0.15, 0.2) is 52.1 Å². The van der Waals surface area contributed by atoms with Crippen molar-refractivity contribution >= 4 is 11.9 Å². The number of carbonyl (C=O) groups excluding carboxylic acids is 1. The Morgan fingerprint density at radius 1 is 1.17 bits per heavy atom. The molecule has 24 heavy (non-hydrogen) atoms. The monoisotopic (exact) mass is 332 g/mol. The topological polar surface area (TPSA) is 82.3 Å². The fraction of sp³-hybridized carbons (Fsp3) is 0.294. The van der Waals surface area contributed by atoms with Crippen LogP contribution in [0.1, 0.15) is 16.1 Å². The molecule has 1 aromatic carbocycles. The molecule has 0 saturated heterocycles. The first-order valence-corrected chi connectivity index (χ1v) is 7.37. The first kappa shape index (κ1) is 17.6. The SMILES string of the molecule is COCCOC(=NCc1ccco1)NC(=O)c1ccc(OC)cc1. The number of carbonyl (C=O) groups is 1. The van der Waals surface area contributed by atoms with Crippen LogP contribution in [0.4, 0.5) is 0 Å². The minimum absolute atomic E-state index is 0.115. The number of methoxy groups -OCH3 is 2. The molecule has 7 nitrogen and oxygen atoms in total. The highest BCUT2D eigenvalue weighted by Crippen LogP contribution is 2.11. The highest BCUT2D eigenvalue weighted by Gasteiger charge is 2.10.